The summed E-state index contributed by atoms with van der Waals surface area (Å²) in [6.45, 7) is 1.43. The van der Waals surface area contributed by atoms with E-state index in [1.54, 1.807) is 19.3 Å². The predicted octanol–water partition coefficient (Wildman–Crippen LogP) is 5.00. The lowest BCUT2D eigenvalue weighted by Gasteiger charge is -2.06. The number of carbonyl (C=O) groups excluding carboxylic acids is 1. The summed E-state index contributed by atoms with van der Waals surface area (Å²) in [6.07, 6.45) is 1.07. The quantitative estimate of drug-likeness (QED) is 0.324. The molecule has 0 aromatic carbocycles. The fourth-order valence-electron chi connectivity index (χ4n) is 3.13. The molecule has 0 amide bonds. The summed E-state index contributed by atoms with van der Waals surface area (Å²) in [7, 11) is 0. The van der Waals surface area contributed by atoms with Gasteiger partial charge in [-0.1, -0.05) is 17.4 Å². The van der Waals surface area contributed by atoms with Gasteiger partial charge in [-0.15, -0.1) is 0 Å². The van der Waals surface area contributed by atoms with E-state index in [2.05, 4.69) is 9.97 Å². The van der Waals surface area contributed by atoms with E-state index in [0.29, 0.717) is 28.5 Å². The molecule has 0 saturated carbocycles. The van der Waals surface area contributed by atoms with Gasteiger partial charge in [0.25, 0.3) is 5.56 Å². The molecular weight excluding hydrogens is 471 g/mol. The Balaban J connectivity index is 1.43. The first kappa shape index (κ1) is 23.4. The summed E-state index contributed by atoms with van der Waals surface area (Å²) in [4.78, 5) is 34.1. The highest BCUT2D eigenvalue weighted by molar-refractivity contribution is 7.16. The average molecular weight is 489 g/mol. The number of thiazole rings is 1. The maximum atomic E-state index is 12.7. The zero-order chi connectivity index (χ0) is 24.3. The first-order valence-corrected chi connectivity index (χ1v) is 10.9. The van der Waals surface area contributed by atoms with Crippen molar-refractivity contribution in [3.05, 3.63) is 93.0 Å². The van der Waals surface area contributed by atoms with E-state index in [1.165, 1.54) is 22.9 Å². The molecule has 0 atom stereocenters. The van der Waals surface area contributed by atoms with Crippen LogP contribution in [0.25, 0.3) is 5.13 Å². The largest absolute Gasteiger partial charge is 0.485 e. The third-order valence-corrected chi connectivity index (χ3v) is 6.02. The molecule has 4 aromatic rings. The van der Waals surface area contributed by atoms with E-state index < -0.39 is 17.5 Å². The van der Waals surface area contributed by atoms with Gasteiger partial charge in [0.05, 0.1) is 10.6 Å². The van der Waals surface area contributed by atoms with E-state index in [9.17, 15) is 22.8 Å². The summed E-state index contributed by atoms with van der Waals surface area (Å²) in [5.41, 5.74) is 1.02. The first-order valence-electron chi connectivity index (χ1n) is 10.1. The van der Waals surface area contributed by atoms with Crippen molar-refractivity contribution in [2.45, 2.75) is 32.5 Å². The molecule has 0 saturated heterocycles. The molecule has 4 aromatic heterocycles. The molecule has 176 valence electrons. The van der Waals surface area contributed by atoms with Crippen LogP contribution in [0.1, 0.15) is 38.9 Å². The number of furan rings is 1. The van der Waals surface area contributed by atoms with Crippen molar-refractivity contribution in [2.75, 3.05) is 0 Å². The number of aryl methyl sites for hydroxylation is 2. The Bertz CT molecular complexity index is 1360. The Hall–Kier alpha value is -3.73. The van der Waals surface area contributed by atoms with Gasteiger partial charge >= 0.3 is 6.18 Å². The molecule has 0 radical (unpaired) electrons. The third kappa shape index (κ3) is 5.42. The molecule has 11 heteroatoms. The molecule has 0 aliphatic rings. The number of ether oxygens (including phenoxy) is 1. The predicted molar refractivity (Wildman–Crippen MR) is 117 cm³/mol. The van der Waals surface area contributed by atoms with Crippen LogP contribution >= 0.6 is 11.3 Å². The van der Waals surface area contributed by atoms with Crippen molar-refractivity contribution < 1.29 is 27.1 Å². The normalized spacial score (nSPS) is 11.5. The van der Waals surface area contributed by atoms with Crippen molar-refractivity contribution in [1.82, 2.24) is 14.5 Å². The number of nitrogens with zero attached hydrogens (tertiary/aromatic N) is 3. The van der Waals surface area contributed by atoms with Gasteiger partial charge in [-0.05, 0) is 43.2 Å². The summed E-state index contributed by atoms with van der Waals surface area (Å²) >= 11 is 1.12. The second-order valence-corrected chi connectivity index (χ2v) is 8.30. The highest BCUT2D eigenvalue weighted by Gasteiger charge is 2.34. The van der Waals surface area contributed by atoms with Crippen LogP contribution in [0.4, 0.5) is 13.2 Å². The summed E-state index contributed by atoms with van der Waals surface area (Å²) in [5, 5.41) is 0.333. The van der Waals surface area contributed by atoms with E-state index in [4.69, 9.17) is 9.15 Å². The lowest BCUT2D eigenvalue weighted by Crippen LogP contribution is -2.16. The number of hydrogen-bond acceptors (Lipinski definition) is 7. The second-order valence-electron chi connectivity index (χ2n) is 7.32. The summed E-state index contributed by atoms with van der Waals surface area (Å²) in [5.74, 6) is -1.06. The van der Waals surface area contributed by atoms with Gasteiger partial charge in [0.2, 0.25) is 5.76 Å². The van der Waals surface area contributed by atoms with Gasteiger partial charge in [-0.2, -0.15) is 13.2 Å². The number of rotatable bonds is 8. The molecule has 0 fully saturated rings. The molecule has 0 N–H and O–H groups in total. The number of pyridine rings is 2. The molecule has 0 bridgehead atoms. The SMILES string of the molecule is Cc1nc(-n2ccc(OCc3ccc(C(F)(F)F)o3)cc2=O)sc1C(=O)CCc1cccnc1. The van der Waals surface area contributed by atoms with Gasteiger partial charge in [0.15, 0.2) is 10.9 Å². The van der Waals surface area contributed by atoms with Crippen LogP contribution in [-0.2, 0) is 19.2 Å². The molecule has 34 heavy (non-hydrogen) atoms. The van der Waals surface area contributed by atoms with Crippen LogP contribution in [0.15, 0.2) is 64.2 Å². The van der Waals surface area contributed by atoms with Crippen LogP contribution in [0.5, 0.6) is 5.75 Å². The fraction of sp³-hybridized carbons (Fsp3) is 0.217. The second kappa shape index (κ2) is 9.64. The molecular formula is C23H18F3N3O4S. The van der Waals surface area contributed by atoms with Gasteiger partial charge < -0.3 is 9.15 Å². The van der Waals surface area contributed by atoms with E-state index >= 15 is 0 Å². The summed E-state index contributed by atoms with van der Waals surface area (Å²) in [6, 6.07) is 8.36. The molecule has 7 nitrogen and oxygen atoms in total. The first-order chi connectivity index (χ1) is 16.2. The maximum Gasteiger partial charge on any atom is 0.449 e. The number of hydrogen-bond donors (Lipinski definition) is 0. The molecule has 0 spiro atoms. The number of halogens is 3. The van der Waals surface area contributed by atoms with Crippen LogP contribution in [0.2, 0.25) is 0 Å². The Kier molecular flexibility index (Phi) is 6.64. The number of ketones is 1. The highest BCUT2D eigenvalue weighted by Crippen LogP contribution is 2.31. The smallest absolute Gasteiger partial charge is 0.449 e. The van der Waals surface area contributed by atoms with Gasteiger partial charge in [-0.25, -0.2) is 4.98 Å². The number of alkyl halides is 3. The number of aromatic nitrogens is 3. The topological polar surface area (TPSA) is 87.2 Å². The highest BCUT2D eigenvalue weighted by atomic mass is 32.1. The Morgan fingerprint density at radius 2 is 2.06 bits per heavy atom. The monoisotopic (exact) mass is 489 g/mol. The van der Waals surface area contributed by atoms with Crippen molar-refractivity contribution >= 4 is 17.1 Å². The Morgan fingerprint density at radius 3 is 2.74 bits per heavy atom. The van der Waals surface area contributed by atoms with Crippen LogP contribution in [0.3, 0.4) is 0 Å². The van der Waals surface area contributed by atoms with Crippen molar-refractivity contribution in [1.29, 1.82) is 0 Å². The Labute approximate surface area is 195 Å². The van der Waals surface area contributed by atoms with Crippen LogP contribution in [-0.4, -0.2) is 20.3 Å². The number of carbonyl (C=O) groups is 1. The Morgan fingerprint density at radius 1 is 1.24 bits per heavy atom. The number of Topliss-reactive ketones (excluding diaryl/α,β-unsaturated/α-hetero) is 1. The minimum absolute atomic E-state index is 0.0264. The van der Waals surface area contributed by atoms with E-state index in [1.807, 2.05) is 12.1 Å². The van der Waals surface area contributed by atoms with E-state index in [0.717, 1.165) is 29.0 Å². The zero-order valence-electron chi connectivity index (χ0n) is 17.8. The van der Waals surface area contributed by atoms with E-state index in [-0.39, 0.29) is 23.9 Å². The van der Waals surface area contributed by atoms with Crippen molar-refractivity contribution in [2.24, 2.45) is 0 Å². The molecule has 4 heterocycles. The lowest BCUT2D eigenvalue weighted by atomic mass is 10.1. The van der Waals surface area contributed by atoms with Gasteiger partial charge in [0.1, 0.15) is 18.1 Å². The average Bonchev–Trinajstić information content (AvgIpc) is 3.44. The standard InChI is InChI=1S/C23H18F3N3O4S/c1-14-21(18(30)6-4-15-3-2-9-27-12-15)34-22(28-14)29-10-8-16(11-20(29)31)32-13-17-5-7-19(33-17)23(24,25)26/h2-3,5,7-12H,4,6,13H2,1H3. The molecule has 0 aliphatic carbocycles. The summed E-state index contributed by atoms with van der Waals surface area (Å²) < 4.78 is 49.2. The van der Waals surface area contributed by atoms with Crippen molar-refractivity contribution in [3.63, 3.8) is 0 Å². The molecule has 0 unspecified atom stereocenters. The minimum atomic E-state index is -4.58. The van der Waals surface area contributed by atoms with Crippen LogP contribution in [0, 0.1) is 6.92 Å². The maximum absolute atomic E-state index is 12.7. The molecule has 4 rings (SSSR count). The molecule has 0 aliphatic heterocycles. The van der Waals surface area contributed by atoms with Crippen molar-refractivity contribution in [3.8, 4) is 10.9 Å². The van der Waals surface area contributed by atoms with Gasteiger partial charge in [0, 0.05) is 31.1 Å². The fourth-order valence-corrected chi connectivity index (χ4v) is 4.16. The zero-order valence-corrected chi connectivity index (χ0v) is 18.7. The van der Waals surface area contributed by atoms with Gasteiger partial charge in [-0.3, -0.25) is 19.1 Å². The van der Waals surface area contributed by atoms with Crippen LogP contribution < -0.4 is 10.3 Å². The lowest BCUT2D eigenvalue weighted by molar-refractivity contribution is -0.153. The third-order valence-electron chi connectivity index (χ3n) is 4.82. The minimum Gasteiger partial charge on any atom is -0.485 e.